The van der Waals surface area contributed by atoms with Crippen LogP contribution in [0, 0.1) is 0 Å². The predicted molar refractivity (Wildman–Crippen MR) is 215 cm³/mol. The molecule has 0 aliphatic heterocycles. The molecule has 0 atom stereocenters. The largest absolute Gasteiger partial charge is 0.309 e. The van der Waals surface area contributed by atoms with E-state index in [2.05, 4.69) is 193 Å². The van der Waals surface area contributed by atoms with E-state index in [1.54, 1.807) is 0 Å². The number of fused-ring (bicyclic) bond motifs is 6. The van der Waals surface area contributed by atoms with Crippen molar-refractivity contribution in [3.8, 4) is 50.2 Å². The molecule has 0 aliphatic rings. The fraction of sp³-hybridized carbons (Fsp3) is 0. The highest BCUT2D eigenvalue weighted by Crippen LogP contribution is 2.41. The molecule has 8 aromatic carbocycles. The zero-order chi connectivity index (χ0) is 33.0. The normalized spacial score (nSPS) is 11.6. The van der Waals surface area contributed by atoms with Crippen LogP contribution in [0.5, 0.6) is 0 Å². The van der Waals surface area contributed by atoms with Gasteiger partial charge in [-0.15, -0.1) is 11.3 Å². The van der Waals surface area contributed by atoms with Crippen molar-refractivity contribution in [3.05, 3.63) is 188 Å². The zero-order valence-corrected chi connectivity index (χ0v) is 28.1. The Morgan fingerprint density at radius 1 is 0.320 bits per heavy atom. The van der Waals surface area contributed by atoms with Crippen molar-refractivity contribution >= 4 is 53.3 Å². The first-order chi connectivity index (χ1) is 24.8. The molecule has 10 aromatic rings. The Morgan fingerprint density at radius 3 is 1.42 bits per heavy atom. The molecule has 0 N–H and O–H groups in total. The molecule has 2 heterocycles. The summed E-state index contributed by atoms with van der Waals surface area (Å²) in [6, 6.07) is 68.6. The maximum atomic E-state index is 2.41. The molecule has 0 saturated heterocycles. The molecule has 0 aliphatic carbocycles. The molecule has 0 saturated carbocycles. The summed E-state index contributed by atoms with van der Waals surface area (Å²) < 4.78 is 5.10. The van der Waals surface area contributed by atoms with E-state index in [-0.39, 0.29) is 0 Å². The standard InChI is InChI=1S/C48H31NS/c1-3-10-32(11-4-1)37-24-28-45-43(30-37)44-31-38(33-12-5-2-6-13-33)25-29-46(44)49(45)39-26-22-35(23-27-39)34-18-20-36(21-19-34)40-15-9-16-42-41-14-7-8-17-47(41)50-48(40)42/h1-31H. The van der Waals surface area contributed by atoms with E-state index < -0.39 is 0 Å². The van der Waals surface area contributed by atoms with Gasteiger partial charge < -0.3 is 4.57 Å². The fourth-order valence-corrected chi connectivity index (χ4v) is 8.78. The number of aromatic nitrogens is 1. The Balaban J connectivity index is 1.04. The van der Waals surface area contributed by atoms with Gasteiger partial charge in [0.1, 0.15) is 0 Å². The molecule has 50 heavy (non-hydrogen) atoms. The van der Waals surface area contributed by atoms with Crippen LogP contribution in [-0.2, 0) is 0 Å². The van der Waals surface area contributed by atoms with Crippen LogP contribution in [0.25, 0.3) is 92.2 Å². The van der Waals surface area contributed by atoms with E-state index in [9.17, 15) is 0 Å². The van der Waals surface area contributed by atoms with Crippen molar-refractivity contribution in [2.45, 2.75) is 0 Å². The van der Waals surface area contributed by atoms with Gasteiger partial charge in [-0.3, -0.25) is 0 Å². The van der Waals surface area contributed by atoms with E-state index >= 15 is 0 Å². The van der Waals surface area contributed by atoms with Crippen LogP contribution in [0.15, 0.2) is 188 Å². The number of rotatable bonds is 5. The molecule has 2 heteroatoms. The van der Waals surface area contributed by atoms with Gasteiger partial charge in [0.15, 0.2) is 0 Å². The smallest absolute Gasteiger partial charge is 0.0541 e. The lowest BCUT2D eigenvalue weighted by Gasteiger charge is -2.11. The van der Waals surface area contributed by atoms with Gasteiger partial charge >= 0.3 is 0 Å². The van der Waals surface area contributed by atoms with Gasteiger partial charge in [0.05, 0.1) is 11.0 Å². The van der Waals surface area contributed by atoms with E-state index in [0.29, 0.717) is 0 Å². The van der Waals surface area contributed by atoms with Crippen LogP contribution in [0.3, 0.4) is 0 Å². The minimum atomic E-state index is 1.15. The van der Waals surface area contributed by atoms with Crippen molar-refractivity contribution in [2.24, 2.45) is 0 Å². The topological polar surface area (TPSA) is 4.93 Å². The van der Waals surface area contributed by atoms with E-state index in [0.717, 1.165) is 5.69 Å². The van der Waals surface area contributed by atoms with Crippen molar-refractivity contribution in [2.75, 3.05) is 0 Å². The van der Waals surface area contributed by atoms with Crippen LogP contribution < -0.4 is 0 Å². The molecular weight excluding hydrogens is 623 g/mol. The number of thiophene rings is 1. The number of hydrogen-bond donors (Lipinski definition) is 0. The summed E-state index contributed by atoms with van der Waals surface area (Å²) in [4.78, 5) is 0. The molecule has 0 amide bonds. The second-order valence-electron chi connectivity index (χ2n) is 12.9. The molecule has 0 fully saturated rings. The zero-order valence-electron chi connectivity index (χ0n) is 27.3. The van der Waals surface area contributed by atoms with Crippen LogP contribution in [0.4, 0.5) is 0 Å². The number of benzene rings is 8. The van der Waals surface area contributed by atoms with Gasteiger partial charge in [-0.2, -0.15) is 0 Å². The van der Waals surface area contributed by atoms with Gasteiger partial charge in [-0.25, -0.2) is 0 Å². The highest BCUT2D eigenvalue weighted by Gasteiger charge is 2.15. The van der Waals surface area contributed by atoms with E-state index in [1.165, 1.54) is 86.5 Å². The average molecular weight is 654 g/mol. The first-order valence-corrected chi connectivity index (χ1v) is 17.9. The van der Waals surface area contributed by atoms with Gasteiger partial charge in [0.25, 0.3) is 0 Å². The summed E-state index contributed by atoms with van der Waals surface area (Å²) in [6.07, 6.45) is 0. The highest BCUT2D eigenvalue weighted by molar-refractivity contribution is 7.26. The summed E-state index contributed by atoms with van der Waals surface area (Å²) in [5, 5.41) is 5.18. The second-order valence-corrected chi connectivity index (χ2v) is 14.0. The quantitative estimate of drug-likeness (QED) is 0.174. The minimum Gasteiger partial charge on any atom is -0.309 e. The predicted octanol–water partition coefficient (Wildman–Crippen LogP) is 13.8. The summed E-state index contributed by atoms with van der Waals surface area (Å²) in [6.45, 7) is 0. The van der Waals surface area contributed by atoms with E-state index in [4.69, 9.17) is 0 Å². The highest BCUT2D eigenvalue weighted by atomic mass is 32.1. The van der Waals surface area contributed by atoms with Crippen LogP contribution in [0.1, 0.15) is 0 Å². The Labute approximate surface area is 295 Å². The molecular formula is C48H31NS. The maximum Gasteiger partial charge on any atom is 0.0541 e. The third-order valence-electron chi connectivity index (χ3n) is 10.0. The molecule has 0 bridgehead atoms. The SMILES string of the molecule is c1ccc(-c2ccc3c(c2)c2cc(-c4ccccc4)ccc2n3-c2ccc(-c3ccc(-c4cccc5c4sc4ccccc45)cc3)cc2)cc1. The average Bonchev–Trinajstić information content (AvgIpc) is 3.74. The third-order valence-corrected chi connectivity index (χ3v) is 11.3. The van der Waals surface area contributed by atoms with Crippen molar-refractivity contribution in [3.63, 3.8) is 0 Å². The summed E-state index contributed by atoms with van der Waals surface area (Å²) in [5.74, 6) is 0. The lowest BCUT2D eigenvalue weighted by atomic mass is 9.99. The van der Waals surface area contributed by atoms with Crippen LogP contribution in [-0.4, -0.2) is 4.57 Å². The van der Waals surface area contributed by atoms with E-state index in [1.807, 2.05) is 11.3 Å². The first-order valence-electron chi connectivity index (χ1n) is 17.1. The van der Waals surface area contributed by atoms with Gasteiger partial charge in [-0.05, 0) is 87.0 Å². The minimum absolute atomic E-state index is 1.15. The molecule has 10 rings (SSSR count). The van der Waals surface area contributed by atoms with Crippen LogP contribution in [0.2, 0.25) is 0 Å². The number of hydrogen-bond acceptors (Lipinski definition) is 1. The monoisotopic (exact) mass is 653 g/mol. The molecule has 2 aromatic heterocycles. The summed E-state index contributed by atoms with van der Waals surface area (Å²) in [7, 11) is 0. The molecule has 234 valence electrons. The van der Waals surface area contributed by atoms with Gasteiger partial charge in [-0.1, -0.05) is 146 Å². The molecule has 0 radical (unpaired) electrons. The molecule has 0 spiro atoms. The Kier molecular flexibility index (Phi) is 6.75. The Bertz CT molecular complexity index is 2730. The fourth-order valence-electron chi connectivity index (χ4n) is 7.54. The Morgan fingerprint density at radius 2 is 0.800 bits per heavy atom. The summed E-state index contributed by atoms with van der Waals surface area (Å²) >= 11 is 1.88. The Hall–Kier alpha value is -6.22. The lowest BCUT2D eigenvalue weighted by Crippen LogP contribution is -1.94. The summed E-state index contributed by atoms with van der Waals surface area (Å²) in [5.41, 5.74) is 13.4. The molecule has 0 unspecified atom stereocenters. The van der Waals surface area contributed by atoms with Crippen LogP contribution >= 0.6 is 11.3 Å². The first kappa shape index (κ1) is 28.8. The molecule has 1 nitrogen and oxygen atoms in total. The van der Waals surface area contributed by atoms with Crippen molar-refractivity contribution in [1.82, 2.24) is 4.57 Å². The lowest BCUT2D eigenvalue weighted by molar-refractivity contribution is 1.18. The third kappa shape index (κ3) is 4.76. The number of nitrogens with zero attached hydrogens (tertiary/aromatic N) is 1. The second kappa shape index (κ2) is 11.7. The van der Waals surface area contributed by atoms with Gasteiger partial charge in [0, 0.05) is 36.6 Å². The maximum absolute atomic E-state index is 2.41. The van der Waals surface area contributed by atoms with Crippen molar-refractivity contribution in [1.29, 1.82) is 0 Å². The van der Waals surface area contributed by atoms with Crippen molar-refractivity contribution < 1.29 is 0 Å². The van der Waals surface area contributed by atoms with Gasteiger partial charge in [0.2, 0.25) is 0 Å².